The van der Waals surface area contributed by atoms with Gasteiger partial charge in [0.1, 0.15) is 5.75 Å². The van der Waals surface area contributed by atoms with Gasteiger partial charge in [-0.25, -0.2) is 0 Å². The molecule has 0 saturated heterocycles. The summed E-state index contributed by atoms with van der Waals surface area (Å²) in [7, 11) is 0. The van der Waals surface area contributed by atoms with E-state index in [0.717, 1.165) is 37.1 Å². The van der Waals surface area contributed by atoms with E-state index in [1.807, 2.05) is 24.3 Å². The molecule has 1 aromatic rings. The number of benzene rings is 1. The highest BCUT2D eigenvalue weighted by Crippen LogP contribution is 2.40. The van der Waals surface area contributed by atoms with Gasteiger partial charge in [-0.1, -0.05) is 18.6 Å². The third kappa shape index (κ3) is 1.39. The van der Waals surface area contributed by atoms with Crippen LogP contribution >= 0.6 is 0 Å². The number of amides is 1. The summed E-state index contributed by atoms with van der Waals surface area (Å²) in [6, 6.07) is 7.64. The van der Waals surface area contributed by atoms with E-state index >= 15 is 0 Å². The van der Waals surface area contributed by atoms with E-state index in [2.05, 4.69) is 5.32 Å². The molecule has 3 heteroatoms. The molecule has 2 aliphatic rings. The standard InChI is InChI=1S/C13H15NO2/c15-12-13(8-4-1-5-9-13)16-11-7-3-2-6-10(11)14-12/h2-3,6-7H,1,4-5,8-9H2,(H,14,15). The summed E-state index contributed by atoms with van der Waals surface area (Å²) in [5.41, 5.74) is 0.204. The Morgan fingerprint density at radius 1 is 1.12 bits per heavy atom. The van der Waals surface area contributed by atoms with Gasteiger partial charge in [0.2, 0.25) is 0 Å². The maximum Gasteiger partial charge on any atom is 0.268 e. The number of hydrogen-bond donors (Lipinski definition) is 1. The molecule has 1 saturated carbocycles. The Morgan fingerprint density at radius 3 is 2.69 bits per heavy atom. The Balaban J connectivity index is 1.97. The number of hydrogen-bond acceptors (Lipinski definition) is 2. The maximum atomic E-state index is 12.1. The predicted molar refractivity (Wildman–Crippen MR) is 61.5 cm³/mol. The lowest BCUT2D eigenvalue weighted by Crippen LogP contribution is -2.51. The number of nitrogens with one attached hydrogen (secondary N) is 1. The first-order valence-corrected chi connectivity index (χ1v) is 5.90. The topological polar surface area (TPSA) is 38.3 Å². The lowest BCUT2D eigenvalue weighted by molar-refractivity contribution is -0.135. The molecule has 1 heterocycles. The highest BCUT2D eigenvalue weighted by atomic mass is 16.5. The molecule has 3 nitrogen and oxygen atoms in total. The molecule has 0 atom stereocenters. The normalized spacial score (nSPS) is 22.1. The first kappa shape index (κ1) is 9.70. The zero-order valence-corrected chi connectivity index (χ0v) is 9.16. The molecule has 1 N–H and O–H groups in total. The monoisotopic (exact) mass is 217 g/mol. The van der Waals surface area contributed by atoms with Crippen LogP contribution < -0.4 is 10.1 Å². The van der Waals surface area contributed by atoms with Crippen molar-refractivity contribution in [3.8, 4) is 5.75 Å². The van der Waals surface area contributed by atoms with Crippen molar-refractivity contribution in [2.45, 2.75) is 37.7 Å². The van der Waals surface area contributed by atoms with E-state index in [4.69, 9.17) is 4.74 Å². The molecule has 0 aromatic heterocycles. The van der Waals surface area contributed by atoms with Crippen molar-refractivity contribution < 1.29 is 9.53 Å². The SMILES string of the molecule is O=C1Nc2ccccc2OC12CCCCC2. The Morgan fingerprint density at radius 2 is 1.88 bits per heavy atom. The molecule has 1 aromatic carbocycles. The molecule has 16 heavy (non-hydrogen) atoms. The molecule has 1 spiro atoms. The Bertz CT molecular complexity index is 422. The molecule has 1 amide bonds. The Hall–Kier alpha value is -1.51. The van der Waals surface area contributed by atoms with Crippen LogP contribution in [0, 0.1) is 0 Å². The molecule has 1 fully saturated rings. The molecule has 3 rings (SSSR count). The third-order valence-corrected chi connectivity index (χ3v) is 3.52. The summed E-state index contributed by atoms with van der Waals surface area (Å²) in [5, 5.41) is 2.96. The fraction of sp³-hybridized carbons (Fsp3) is 0.462. The summed E-state index contributed by atoms with van der Waals surface area (Å²) in [6.45, 7) is 0. The zero-order valence-electron chi connectivity index (χ0n) is 9.16. The van der Waals surface area contributed by atoms with Crippen LogP contribution in [0.5, 0.6) is 5.75 Å². The number of ether oxygens (including phenoxy) is 1. The van der Waals surface area contributed by atoms with Crippen LogP contribution in [-0.4, -0.2) is 11.5 Å². The van der Waals surface area contributed by atoms with Crippen LogP contribution in [0.1, 0.15) is 32.1 Å². The van der Waals surface area contributed by atoms with Crippen LogP contribution in [0.2, 0.25) is 0 Å². The smallest absolute Gasteiger partial charge is 0.268 e. The highest BCUT2D eigenvalue weighted by molar-refractivity contribution is 6.00. The van der Waals surface area contributed by atoms with Gasteiger partial charge in [0.25, 0.3) is 5.91 Å². The number of carbonyl (C=O) groups is 1. The van der Waals surface area contributed by atoms with Crippen molar-refractivity contribution in [1.29, 1.82) is 0 Å². The van der Waals surface area contributed by atoms with Crippen molar-refractivity contribution >= 4 is 11.6 Å². The Kier molecular flexibility index (Phi) is 2.13. The predicted octanol–water partition coefficient (Wildman–Crippen LogP) is 2.72. The third-order valence-electron chi connectivity index (χ3n) is 3.52. The summed E-state index contributed by atoms with van der Waals surface area (Å²) in [5.74, 6) is 0.843. The number of fused-ring (bicyclic) bond motifs is 1. The van der Waals surface area contributed by atoms with Gasteiger partial charge >= 0.3 is 0 Å². The minimum atomic E-state index is -0.591. The number of rotatable bonds is 0. The maximum absolute atomic E-state index is 12.1. The lowest BCUT2D eigenvalue weighted by atomic mass is 9.83. The number of anilines is 1. The molecule has 1 aliphatic carbocycles. The quantitative estimate of drug-likeness (QED) is 0.725. The van der Waals surface area contributed by atoms with Crippen molar-refractivity contribution in [3.05, 3.63) is 24.3 Å². The van der Waals surface area contributed by atoms with Crippen molar-refractivity contribution in [3.63, 3.8) is 0 Å². The van der Waals surface area contributed by atoms with Gasteiger partial charge in [-0.3, -0.25) is 4.79 Å². The van der Waals surface area contributed by atoms with Crippen LogP contribution in [0.3, 0.4) is 0 Å². The summed E-state index contributed by atoms with van der Waals surface area (Å²) in [6.07, 6.45) is 5.05. The Labute approximate surface area is 94.8 Å². The van der Waals surface area contributed by atoms with Gasteiger partial charge in [0.15, 0.2) is 5.60 Å². The molecule has 84 valence electrons. The fourth-order valence-corrected chi connectivity index (χ4v) is 2.60. The van der Waals surface area contributed by atoms with E-state index in [-0.39, 0.29) is 5.91 Å². The molecular weight excluding hydrogens is 202 g/mol. The van der Waals surface area contributed by atoms with E-state index in [1.165, 1.54) is 6.42 Å². The molecule has 0 bridgehead atoms. The molecule has 0 radical (unpaired) electrons. The second kappa shape index (κ2) is 3.51. The average Bonchev–Trinajstić information content (AvgIpc) is 2.32. The van der Waals surface area contributed by atoms with Gasteiger partial charge in [0, 0.05) is 0 Å². The van der Waals surface area contributed by atoms with E-state index in [1.54, 1.807) is 0 Å². The van der Waals surface area contributed by atoms with Crippen LogP contribution in [-0.2, 0) is 4.79 Å². The number of carbonyl (C=O) groups excluding carboxylic acids is 1. The van der Waals surface area contributed by atoms with E-state index in [0.29, 0.717) is 0 Å². The van der Waals surface area contributed by atoms with Crippen molar-refractivity contribution in [2.75, 3.05) is 5.32 Å². The minimum Gasteiger partial charge on any atom is -0.475 e. The van der Waals surface area contributed by atoms with Gasteiger partial charge in [-0.15, -0.1) is 0 Å². The molecular formula is C13H15NO2. The summed E-state index contributed by atoms with van der Waals surface area (Å²) >= 11 is 0. The first-order chi connectivity index (χ1) is 7.80. The van der Waals surface area contributed by atoms with Crippen molar-refractivity contribution in [1.82, 2.24) is 0 Å². The minimum absolute atomic E-state index is 0.0332. The average molecular weight is 217 g/mol. The largest absolute Gasteiger partial charge is 0.475 e. The van der Waals surface area contributed by atoms with E-state index in [9.17, 15) is 4.79 Å². The number of para-hydroxylation sites is 2. The molecule has 1 aliphatic heterocycles. The van der Waals surface area contributed by atoms with E-state index < -0.39 is 5.60 Å². The first-order valence-electron chi connectivity index (χ1n) is 5.90. The second-order valence-corrected chi connectivity index (χ2v) is 4.61. The summed E-state index contributed by atoms with van der Waals surface area (Å²) in [4.78, 5) is 12.1. The van der Waals surface area contributed by atoms with Gasteiger partial charge < -0.3 is 10.1 Å². The van der Waals surface area contributed by atoms with Gasteiger partial charge in [-0.2, -0.15) is 0 Å². The fourth-order valence-electron chi connectivity index (χ4n) is 2.60. The molecule has 0 unspecified atom stereocenters. The van der Waals surface area contributed by atoms with Gasteiger partial charge in [-0.05, 0) is 37.8 Å². The second-order valence-electron chi connectivity index (χ2n) is 4.61. The lowest BCUT2D eigenvalue weighted by Gasteiger charge is -2.39. The van der Waals surface area contributed by atoms with Gasteiger partial charge in [0.05, 0.1) is 5.69 Å². The van der Waals surface area contributed by atoms with Crippen molar-refractivity contribution in [2.24, 2.45) is 0 Å². The van der Waals surface area contributed by atoms with Crippen LogP contribution in [0.4, 0.5) is 5.69 Å². The summed E-state index contributed by atoms with van der Waals surface area (Å²) < 4.78 is 5.96. The zero-order chi connectivity index (χ0) is 11.0. The van der Waals surface area contributed by atoms with Crippen LogP contribution in [0.15, 0.2) is 24.3 Å². The van der Waals surface area contributed by atoms with Crippen LogP contribution in [0.25, 0.3) is 0 Å². The highest BCUT2D eigenvalue weighted by Gasteiger charge is 2.44.